The first-order valence-corrected chi connectivity index (χ1v) is 16.1. The van der Waals surface area contributed by atoms with Gasteiger partial charge >= 0.3 is 0 Å². The largest absolute Gasteiger partial charge is 0.354 e. The van der Waals surface area contributed by atoms with E-state index >= 15 is 0 Å². The van der Waals surface area contributed by atoms with E-state index < -0.39 is 28.5 Å². The number of carbonyl (C=O) groups is 2. The Hall–Kier alpha value is -3.69. The van der Waals surface area contributed by atoms with E-state index in [0.29, 0.717) is 17.6 Å². The highest BCUT2D eigenvalue weighted by Gasteiger charge is 2.33. The second kappa shape index (κ2) is 13.8. The van der Waals surface area contributed by atoms with Gasteiger partial charge in [0.2, 0.25) is 21.8 Å². The van der Waals surface area contributed by atoms with Crippen molar-refractivity contribution in [2.24, 2.45) is 0 Å². The van der Waals surface area contributed by atoms with Gasteiger partial charge in [-0.05, 0) is 41.1 Å². The van der Waals surface area contributed by atoms with Gasteiger partial charge in [0.05, 0.1) is 11.9 Å². The topological polar surface area (TPSA) is 86.8 Å². The number of nitrogens with one attached hydrogen (secondary N) is 1. The molecule has 41 heavy (non-hydrogen) atoms. The molecule has 0 unspecified atom stereocenters. The maximum Gasteiger partial charge on any atom is 0.244 e. The van der Waals surface area contributed by atoms with Crippen LogP contribution >= 0.6 is 15.9 Å². The molecule has 0 saturated heterocycles. The van der Waals surface area contributed by atoms with Crippen LogP contribution in [0.4, 0.5) is 5.69 Å². The lowest BCUT2D eigenvalue weighted by atomic mass is 10.0. The van der Waals surface area contributed by atoms with Crippen LogP contribution in [0.5, 0.6) is 0 Å². The van der Waals surface area contributed by atoms with Gasteiger partial charge in [-0.15, -0.1) is 0 Å². The van der Waals surface area contributed by atoms with Crippen molar-refractivity contribution in [2.75, 3.05) is 23.7 Å². The van der Waals surface area contributed by atoms with Gasteiger partial charge in [0, 0.05) is 29.4 Å². The van der Waals surface area contributed by atoms with E-state index in [1.165, 1.54) is 4.90 Å². The Labute approximate surface area is 250 Å². The van der Waals surface area contributed by atoms with Crippen molar-refractivity contribution in [1.29, 1.82) is 0 Å². The monoisotopic (exact) mass is 635 g/mol. The zero-order valence-corrected chi connectivity index (χ0v) is 25.6. The molecule has 0 saturated carbocycles. The van der Waals surface area contributed by atoms with Gasteiger partial charge in [-0.1, -0.05) is 102 Å². The maximum atomic E-state index is 14.2. The molecule has 4 aromatic rings. The normalized spacial score (nSPS) is 12.1. The number of sulfonamides is 1. The number of hydrogen-bond acceptors (Lipinski definition) is 4. The molecule has 9 heteroatoms. The first kappa shape index (κ1) is 30.3. The van der Waals surface area contributed by atoms with Crippen LogP contribution in [0.2, 0.25) is 0 Å². The number of carbonyl (C=O) groups excluding carboxylic acids is 2. The van der Waals surface area contributed by atoms with Crippen LogP contribution in [0.3, 0.4) is 0 Å². The summed E-state index contributed by atoms with van der Waals surface area (Å²) in [4.78, 5) is 29.3. The van der Waals surface area contributed by atoms with Gasteiger partial charge in [-0.25, -0.2) is 8.42 Å². The molecule has 4 rings (SSSR count). The number of rotatable bonds is 12. The van der Waals surface area contributed by atoms with Gasteiger partial charge in [0.15, 0.2) is 0 Å². The Bertz CT molecular complexity index is 1610. The van der Waals surface area contributed by atoms with Gasteiger partial charge < -0.3 is 10.2 Å². The van der Waals surface area contributed by atoms with Crippen molar-refractivity contribution >= 4 is 54.2 Å². The summed E-state index contributed by atoms with van der Waals surface area (Å²) in [6, 6.07) is 29.0. The van der Waals surface area contributed by atoms with E-state index in [1.54, 1.807) is 12.1 Å². The molecular formula is C32H34BrN3O4S. The predicted molar refractivity (Wildman–Crippen MR) is 168 cm³/mol. The Balaban J connectivity index is 1.77. The molecule has 0 heterocycles. The van der Waals surface area contributed by atoms with E-state index in [-0.39, 0.29) is 18.9 Å². The molecule has 214 valence electrons. The lowest BCUT2D eigenvalue weighted by molar-refractivity contribution is -0.140. The van der Waals surface area contributed by atoms with Crippen LogP contribution in [-0.4, -0.2) is 50.5 Å². The summed E-state index contributed by atoms with van der Waals surface area (Å²) in [7, 11) is -3.86. The van der Waals surface area contributed by atoms with Gasteiger partial charge in [-0.3, -0.25) is 13.9 Å². The van der Waals surface area contributed by atoms with Crippen molar-refractivity contribution in [2.45, 2.75) is 32.4 Å². The third kappa shape index (κ3) is 7.95. The highest BCUT2D eigenvalue weighted by Crippen LogP contribution is 2.29. The number of nitrogens with zero attached hydrogens (tertiary/aromatic N) is 2. The molecule has 0 aliphatic carbocycles. The van der Waals surface area contributed by atoms with Crippen LogP contribution in [0.1, 0.15) is 24.5 Å². The highest BCUT2D eigenvalue weighted by atomic mass is 79.9. The molecule has 0 fully saturated rings. The summed E-state index contributed by atoms with van der Waals surface area (Å²) in [6.45, 7) is 2.11. The number of fused-ring (bicyclic) bond motifs is 1. The molecule has 0 aliphatic heterocycles. The molecule has 0 bridgehead atoms. The lowest BCUT2D eigenvalue weighted by Gasteiger charge is -2.33. The number of hydrogen-bond donors (Lipinski definition) is 1. The van der Waals surface area contributed by atoms with Gasteiger partial charge in [-0.2, -0.15) is 0 Å². The first-order valence-electron chi connectivity index (χ1n) is 13.5. The average molecular weight is 637 g/mol. The molecule has 4 aromatic carbocycles. The molecule has 1 N–H and O–H groups in total. The highest BCUT2D eigenvalue weighted by molar-refractivity contribution is 9.10. The van der Waals surface area contributed by atoms with Crippen LogP contribution in [0.15, 0.2) is 102 Å². The molecule has 7 nitrogen and oxygen atoms in total. The number of benzene rings is 4. The average Bonchev–Trinajstić information content (AvgIpc) is 2.96. The SMILES string of the molecule is CCCNC(=O)[C@@H](Cc1ccccc1)N(Cc1cccc(Br)c1)C(=O)CN(c1cccc2ccccc12)S(C)(=O)=O. The molecule has 0 spiro atoms. The summed E-state index contributed by atoms with van der Waals surface area (Å²) in [5.74, 6) is -0.758. The minimum Gasteiger partial charge on any atom is -0.354 e. The standard InChI is InChI=1S/C32H34BrN3O4S/c1-3-19-34-32(38)30(21-24-11-5-4-6-12-24)35(22-25-13-9-16-27(33)20-25)31(37)23-36(41(2,39)40)29-18-10-15-26-14-7-8-17-28(26)29/h4-18,20,30H,3,19,21-23H2,1-2H3,(H,34,38)/t30-/m1/s1. The van der Waals surface area contributed by atoms with Crippen molar-refractivity contribution < 1.29 is 18.0 Å². The minimum absolute atomic E-state index is 0.127. The van der Waals surface area contributed by atoms with E-state index in [4.69, 9.17) is 0 Å². The maximum absolute atomic E-state index is 14.2. The number of amides is 2. The van der Waals surface area contributed by atoms with E-state index in [2.05, 4.69) is 21.2 Å². The number of halogens is 1. The van der Waals surface area contributed by atoms with E-state index in [1.807, 2.05) is 91.9 Å². The molecular weight excluding hydrogens is 602 g/mol. The zero-order chi connectivity index (χ0) is 29.4. The summed E-state index contributed by atoms with van der Waals surface area (Å²) >= 11 is 3.49. The molecule has 0 aliphatic rings. The Morgan fingerprint density at radius 1 is 0.878 bits per heavy atom. The van der Waals surface area contributed by atoms with Crippen molar-refractivity contribution in [3.63, 3.8) is 0 Å². The lowest BCUT2D eigenvalue weighted by Crippen LogP contribution is -2.53. The minimum atomic E-state index is -3.86. The van der Waals surface area contributed by atoms with Gasteiger partial charge in [0.25, 0.3) is 0 Å². The molecule has 2 amide bonds. The van der Waals surface area contributed by atoms with Crippen molar-refractivity contribution in [3.8, 4) is 0 Å². The fourth-order valence-corrected chi connectivity index (χ4v) is 6.08. The first-order chi connectivity index (χ1) is 19.7. The second-order valence-corrected chi connectivity index (χ2v) is 12.7. The second-order valence-electron chi connectivity index (χ2n) is 9.92. The van der Waals surface area contributed by atoms with Crippen molar-refractivity contribution in [3.05, 3.63) is 113 Å². The fraction of sp³-hybridized carbons (Fsp3) is 0.250. The summed E-state index contributed by atoms with van der Waals surface area (Å²) in [5, 5.41) is 4.53. The third-order valence-electron chi connectivity index (χ3n) is 6.78. The smallest absolute Gasteiger partial charge is 0.244 e. The molecule has 0 radical (unpaired) electrons. The predicted octanol–water partition coefficient (Wildman–Crippen LogP) is 5.53. The molecule has 1 atom stereocenters. The van der Waals surface area contributed by atoms with E-state index in [9.17, 15) is 18.0 Å². The Morgan fingerprint density at radius 2 is 1.54 bits per heavy atom. The van der Waals surface area contributed by atoms with Crippen LogP contribution < -0.4 is 9.62 Å². The Kier molecular flexibility index (Phi) is 10.2. The van der Waals surface area contributed by atoms with E-state index in [0.717, 1.165) is 38.0 Å². The van der Waals surface area contributed by atoms with Crippen LogP contribution in [-0.2, 0) is 32.6 Å². The quantitative estimate of drug-likeness (QED) is 0.222. The Morgan fingerprint density at radius 3 is 2.24 bits per heavy atom. The summed E-state index contributed by atoms with van der Waals surface area (Å²) in [5.41, 5.74) is 2.12. The summed E-state index contributed by atoms with van der Waals surface area (Å²) in [6.07, 6.45) is 2.12. The van der Waals surface area contributed by atoms with Crippen molar-refractivity contribution in [1.82, 2.24) is 10.2 Å². The third-order valence-corrected chi connectivity index (χ3v) is 8.40. The van der Waals surface area contributed by atoms with Crippen LogP contribution in [0.25, 0.3) is 10.8 Å². The molecule has 0 aromatic heterocycles. The van der Waals surface area contributed by atoms with Gasteiger partial charge in [0.1, 0.15) is 12.6 Å². The fourth-order valence-electron chi connectivity index (χ4n) is 4.77. The summed E-state index contributed by atoms with van der Waals surface area (Å²) < 4.78 is 28.3. The zero-order valence-electron chi connectivity index (χ0n) is 23.2. The number of anilines is 1. The van der Waals surface area contributed by atoms with Crippen LogP contribution in [0, 0.1) is 0 Å².